The second-order valence-corrected chi connectivity index (χ2v) is 7.80. The van der Waals surface area contributed by atoms with Gasteiger partial charge in [-0.15, -0.1) is 0 Å². The molecule has 2 aromatic carbocycles. The summed E-state index contributed by atoms with van der Waals surface area (Å²) in [6.07, 6.45) is 1.06. The molecular weight excluding hydrogens is 348 g/mol. The van der Waals surface area contributed by atoms with Crippen LogP contribution in [0.1, 0.15) is 12.0 Å². The van der Waals surface area contributed by atoms with Gasteiger partial charge in [0.1, 0.15) is 18.9 Å². The molecule has 0 aromatic heterocycles. The molecule has 0 radical (unpaired) electrons. The normalized spacial score (nSPS) is 24.6. The average Bonchev–Trinajstić information content (AvgIpc) is 3.03. The van der Waals surface area contributed by atoms with Gasteiger partial charge in [0.05, 0.1) is 6.54 Å². The molecule has 0 spiro atoms. The predicted molar refractivity (Wildman–Crippen MR) is 102 cm³/mol. The number of thioether (sulfide) groups is 1. The third kappa shape index (κ3) is 2.47. The number of para-hydroxylation sites is 1. The van der Waals surface area contributed by atoms with Crippen molar-refractivity contribution >= 4 is 22.6 Å². The first-order valence-corrected chi connectivity index (χ1v) is 9.97. The molecule has 0 aliphatic carbocycles. The summed E-state index contributed by atoms with van der Waals surface area (Å²) in [7, 11) is 0. The van der Waals surface area contributed by atoms with Gasteiger partial charge in [0.2, 0.25) is 0 Å². The summed E-state index contributed by atoms with van der Waals surface area (Å²) in [5, 5.41) is 12.9. The molecule has 5 rings (SSSR count). The highest BCUT2D eigenvalue weighted by atomic mass is 32.2. The van der Waals surface area contributed by atoms with Crippen molar-refractivity contribution in [1.29, 1.82) is 0 Å². The van der Waals surface area contributed by atoms with Gasteiger partial charge in [-0.2, -0.15) is 0 Å². The fraction of sp³-hybridized carbons (Fsp3) is 0.350. The number of fused-ring (bicyclic) bond motifs is 1. The Bertz CT molecular complexity index is 871. The number of nitrogens with zero attached hydrogens (tertiary/aromatic N) is 2. The molecule has 3 aliphatic rings. The minimum Gasteiger partial charge on any atom is -0.486 e. The molecule has 26 heavy (non-hydrogen) atoms. The molecule has 1 N–H and O–H groups in total. The lowest BCUT2D eigenvalue weighted by Crippen LogP contribution is -2.41. The van der Waals surface area contributed by atoms with Crippen molar-refractivity contribution in [2.75, 3.05) is 37.0 Å². The Kier molecular flexibility index (Phi) is 3.83. The van der Waals surface area contributed by atoms with E-state index in [0.717, 1.165) is 40.9 Å². The first-order chi connectivity index (χ1) is 12.8. The maximum Gasteiger partial charge on any atom is 0.316 e. The van der Waals surface area contributed by atoms with Gasteiger partial charge in [0.15, 0.2) is 18.0 Å². The minimum atomic E-state index is -1.07. The Morgan fingerprint density at radius 2 is 1.85 bits per heavy atom. The Labute approximate surface area is 156 Å². The van der Waals surface area contributed by atoms with E-state index < -0.39 is 5.72 Å². The van der Waals surface area contributed by atoms with E-state index in [9.17, 15) is 5.11 Å². The van der Waals surface area contributed by atoms with Crippen LogP contribution in [0.15, 0.2) is 48.5 Å². The van der Waals surface area contributed by atoms with E-state index in [1.807, 2.05) is 48.2 Å². The van der Waals surface area contributed by atoms with Gasteiger partial charge in [0.25, 0.3) is 5.72 Å². The highest BCUT2D eigenvalue weighted by Crippen LogP contribution is 2.40. The van der Waals surface area contributed by atoms with Crippen LogP contribution in [0.3, 0.4) is 0 Å². The summed E-state index contributed by atoms with van der Waals surface area (Å²) in [4.78, 5) is 2.22. The molecule has 2 aromatic rings. The summed E-state index contributed by atoms with van der Waals surface area (Å²) >= 11 is 1.82. The maximum absolute atomic E-state index is 11.7. The summed E-state index contributed by atoms with van der Waals surface area (Å²) < 4.78 is 13.5. The van der Waals surface area contributed by atoms with Gasteiger partial charge >= 0.3 is 5.17 Å². The number of aliphatic hydroxyl groups is 1. The van der Waals surface area contributed by atoms with Crippen LogP contribution in [0.4, 0.5) is 5.69 Å². The number of amidine groups is 1. The second kappa shape index (κ2) is 6.21. The number of anilines is 1. The molecule has 134 valence electrons. The highest BCUT2D eigenvalue weighted by Gasteiger charge is 2.53. The fourth-order valence-corrected chi connectivity index (χ4v) is 5.03. The molecule has 3 aliphatic heterocycles. The number of ether oxygens (including phenoxy) is 2. The van der Waals surface area contributed by atoms with Gasteiger partial charge in [0, 0.05) is 11.3 Å². The number of hydrogen-bond acceptors (Lipinski definition) is 5. The van der Waals surface area contributed by atoms with Crippen molar-refractivity contribution in [3.05, 3.63) is 54.1 Å². The Morgan fingerprint density at radius 3 is 2.69 bits per heavy atom. The van der Waals surface area contributed by atoms with E-state index in [4.69, 9.17) is 9.47 Å². The lowest BCUT2D eigenvalue weighted by atomic mass is 10.0. The van der Waals surface area contributed by atoms with Crippen molar-refractivity contribution in [3.63, 3.8) is 0 Å². The summed E-state index contributed by atoms with van der Waals surface area (Å²) in [6.45, 7) is 2.46. The molecule has 0 amide bonds. The van der Waals surface area contributed by atoms with Crippen LogP contribution in [0.25, 0.3) is 0 Å². The highest BCUT2D eigenvalue weighted by molar-refractivity contribution is 8.13. The van der Waals surface area contributed by atoms with Crippen molar-refractivity contribution < 1.29 is 19.2 Å². The third-order valence-corrected chi connectivity index (χ3v) is 6.31. The molecule has 5 nitrogen and oxygen atoms in total. The first kappa shape index (κ1) is 16.0. The summed E-state index contributed by atoms with van der Waals surface area (Å²) in [5.41, 5.74) is 0.879. The van der Waals surface area contributed by atoms with Crippen LogP contribution in [0, 0.1) is 0 Å². The van der Waals surface area contributed by atoms with E-state index in [1.165, 1.54) is 0 Å². The Morgan fingerprint density at radius 1 is 1.04 bits per heavy atom. The fourth-order valence-electron chi connectivity index (χ4n) is 3.85. The SMILES string of the molecule is O[C@]1(c2ccc3c(c2)OCCO3)CN(c2ccccc2)C2=[N+]1CCCS2. The topological polar surface area (TPSA) is 44.9 Å². The summed E-state index contributed by atoms with van der Waals surface area (Å²) in [5.74, 6) is 2.54. The van der Waals surface area contributed by atoms with E-state index in [-0.39, 0.29) is 0 Å². The molecule has 0 unspecified atom stereocenters. The van der Waals surface area contributed by atoms with Gasteiger partial charge in [-0.05, 0) is 48.5 Å². The molecular formula is C20H21N2O3S+. The Balaban J connectivity index is 1.59. The standard InChI is InChI=1S/C20H21N2O3S/c23-20(15-7-8-17-18(13-15)25-11-10-24-17)14-21(16-5-2-1-3-6-16)19-22(20)9-4-12-26-19/h1-3,5-8,13,23H,4,9-12,14H2/q+1/t20-/m0/s1. The van der Waals surface area contributed by atoms with Crippen molar-refractivity contribution in [1.82, 2.24) is 0 Å². The van der Waals surface area contributed by atoms with Crippen molar-refractivity contribution in [3.8, 4) is 11.5 Å². The lowest BCUT2D eigenvalue weighted by molar-refractivity contribution is -0.656. The number of rotatable bonds is 2. The molecule has 1 atom stereocenters. The van der Waals surface area contributed by atoms with Crippen LogP contribution in [-0.2, 0) is 5.72 Å². The van der Waals surface area contributed by atoms with Crippen molar-refractivity contribution in [2.45, 2.75) is 12.1 Å². The van der Waals surface area contributed by atoms with Crippen LogP contribution in [-0.4, -0.2) is 46.9 Å². The molecule has 0 fully saturated rings. The molecule has 0 bridgehead atoms. The van der Waals surface area contributed by atoms with Crippen LogP contribution in [0.5, 0.6) is 11.5 Å². The van der Waals surface area contributed by atoms with Crippen molar-refractivity contribution in [2.24, 2.45) is 0 Å². The average molecular weight is 369 g/mol. The zero-order valence-corrected chi connectivity index (χ0v) is 15.2. The zero-order valence-electron chi connectivity index (χ0n) is 14.4. The third-order valence-electron chi connectivity index (χ3n) is 5.12. The zero-order chi connectivity index (χ0) is 17.6. The monoisotopic (exact) mass is 369 g/mol. The maximum atomic E-state index is 11.7. The molecule has 0 saturated heterocycles. The first-order valence-electron chi connectivity index (χ1n) is 8.98. The second-order valence-electron chi connectivity index (χ2n) is 6.73. The minimum absolute atomic E-state index is 0.499. The van der Waals surface area contributed by atoms with Gasteiger partial charge in [-0.25, -0.2) is 9.48 Å². The van der Waals surface area contributed by atoms with E-state index in [0.29, 0.717) is 25.5 Å². The van der Waals surface area contributed by atoms with E-state index in [2.05, 4.69) is 21.6 Å². The summed E-state index contributed by atoms with van der Waals surface area (Å²) in [6, 6.07) is 16.1. The van der Waals surface area contributed by atoms with Crippen LogP contribution in [0.2, 0.25) is 0 Å². The molecule has 0 saturated carbocycles. The van der Waals surface area contributed by atoms with Crippen LogP contribution < -0.4 is 14.4 Å². The van der Waals surface area contributed by atoms with Gasteiger partial charge in [-0.1, -0.05) is 18.2 Å². The molecule has 6 heteroatoms. The predicted octanol–water partition coefficient (Wildman–Crippen LogP) is 2.63. The number of hydrogen-bond donors (Lipinski definition) is 1. The smallest absolute Gasteiger partial charge is 0.316 e. The molecule has 3 heterocycles. The number of β-amino-alcohol motifs (C(OH)–C–C–N with tert-alkyl or cyclic N) is 1. The van der Waals surface area contributed by atoms with Crippen LogP contribution >= 0.6 is 11.8 Å². The lowest BCUT2D eigenvalue weighted by Gasteiger charge is -2.26. The van der Waals surface area contributed by atoms with E-state index in [1.54, 1.807) is 0 Å². The number of benzene rings is 2. The van der Waals surface area contributed by atoms with E-state index >= 15 is 0 Å². The van der Waals surface area contributed by atoms with Gasteiger partial charge in [-0.3, -0.25) is 0 Å². The Hall–Kier alpha value is -2.18. The largest absolute Gasteiger partial charge is 0.486 e. The van der Waals surface area contributed by atoms with Gasteiger partial charge < -0.3 is 14.6 Å². The quantitative estimate of drug-likeness (QED) is 0.825.